The van der Waals surface area contributed by atoms with E-state index in [1.165, 1.54) is 29.2 Å². The van der Waals surface area contributed by atoms with Crippen molar-refractivity contribution in [1.82, 2.24) is 9.55 Å². The molecule has 3 aromatic rings. The van der Waals surface area contributed by atoms with E-state index in [2.05, 4.69) is 89.9 Å². The minimum atomic E-state index is -0.508. The first kappa shape index (κ1) is 17.4. The molecule has 0 aliphatic heterocycles. The molecule has 0 aliphatic carbocycles. The summed E-state index contributed by atoms with van der Waals surface area (Å²) in [6.07, 6.45) is 8.33. The Bertz CT molecular complexity index is 740. The highest BCUT2D eigenvalue weighted by atomic mass is 28.2. The summed E-state index contributed by atoms with van der Waals surface area (Å²) >= 11 is 0. The Morgan fingerprint density at radius 1 is 1.04 bits per heavy atom. The van der Waals surface area contributed by atoms with Crippen LogP contribution in [-0.4, -0.2) is 19.1 Å². The van der Waals surface area contributed by atoms with Gasteiger partial charge in [0.25, 0.3) is 0 Å². The summed E-state index contributed by atoms with van der Waals surface area (Å²) in [6.45, 7) is 6.18. The van der Waals surface area contributed by atoms with Crippen LogP contribution >= 0.6 is 0 Å². The predicted octanol–water partition coefficient (Wildman–Crippen LogP) is 4.58. The third-order valence-corrected chi connectivity index (χ3v) is 7.60. The monoisotopic (exact) mass is 346 g/mol. The van der Waals surface area contributed by atoms with Gasteiger partial charge in [0, 0.05) is 12.4 Å². The fraction of sp³-hybridized carbons (Fsp3) is 0.227. The molecule has 0 radical (unpaired) electrons. The van der Waals surface area contributed by atoms with Gasteiger partial charge in [-0.1, -0.05) is 78.7 Å². The maximum absolute atomic E-state index is 4.37. The molecule has 3 heteroatoms. The third kappa shape index (κ3) is 3.82. The maximum Gasteiger partial charge on any atom is 0.0953 e. The van der Waals surface area contributed by atoms with Crippen molar-refractivity contribution in [2.24, 2.45) is 0 Å². The summed E-state index contributed by atoms with van der Waals surface area (Å²) in [6, 6.07) is 23.1. The van der Waals surface area contributed by atoms with Crippen molar-refractivity contribution in [1.29, 1.82) is 0 Å². The Morgan fingerprint density at radius 2 is 1.64 bits per heavy atom. The van der Waals surface area contributed by atoms with E-state index in [0.717, 1.165) is 6.42 Å². The van der Waals surface area contributed by atoms with Crippen molar-refractivity contribution in [2.75, 3.05) is 0 Å². The van der Waals surface area contributed by atoms with E-state index >= 15 is 0 Å². The van der Waals surface area contributed by atoms with Crippen LogP contribution in [-0.2, 0) is 5.16 Å². The second-order valence-electron chi connectivity index (χ2n) is 6.73. The fourth-order valence-electron chi connectivity index (χ4n) is 3.60. The van der Waals surface area contributed by atoms with Crippen LogP contribution in [0.25, 0.3) is 0 Å². The number of allylic oxidation sites excluding steroid dienone is 1. The normalized spacial score (nSPS) is 11.9. The summed E-state index contributed by atoms with van der Waals surface area (Å²) in [7, 11) is -0.508. The molecule has 0 unspecified atom stereocenters. The molecule has 3 rings (SSSR count). The lowest BCUT2D eigenvalue weighted by Crippen LogP contribution is -2.41. The Labute approximate surface area is 153 Å². The summed E-state index contributed by atoms with van der Waals surface area (Å²) in [4.78, 5) is 4.37. The standard InChI is InChI=1S/C22H26N2Si/c1-19(2)10-9-17-25-22(24-16-15-23-18-24,20-11-5-3-6-12-20)21-13-7-4-8-14-21/h3-8,11-16,18H,1,9-10,17,25H2,2H3. The van der Waals surface area contributed by atoms with Crippen molar-refractivity contribution in [3.05, 3.63) is 103 Å². The SMILES string of the molecule is C=C(C)CCC[SiH2]C(c1ccccc1)(c1ccccc1)n1ccnc1. The average molecular weight is 347 g/mol. The number of imidazole rings is 1. The van der Waals surface area contributed by atoms with E-state index in [9.17, 15) is 0 Å². The summed E-state index contributed by atoms with van der Waals surface area (Å²) in [5.74, 6) is 0. The van der Waals surface area contributed by atoms with E-state index in [4.69, 9.17) is 0 Å². The molecule has 0 saturated heterocycles. The Balaban J connectivity index is 2.06. The Kier molecular flexibility index (Phi) is 5.66. The number of hydrogen-bond acceptors (Lipinski definition) is 1. The smallest absolute Gasteiger partial charge is 0.0953 e. The highest BCUT2D eigenvalue weighted by Gasteiger charge is 2.35. The molecule has 2 aromatic carbocycles. The largest absolute Gasteiger partial charge is 0.327 e. The molecule has 0 saturated carbocycles. The van der Waals surface area contributed by atoms with Gasteiger partial charge in [-0.2, -0.15) is 0 Å². The molecule has 128 valence electrons. The summed E-state index contributed by atoms with van der Waals surface area (Å²) < 4.78 is 2.32. The van der Waals surface area contributed by atoms with Gasteiger partial charge in [-0.15, -0.1) is 6.58 Å². The van der Waals surface area contributed by atoms with Crippen LogP contribution in [0.1, 0.15) is 30.9 Å². The molecular weight excluding hydrogens is 320 g/mol. The van der Waals surface area contributed by atoms with Gasteiger partial charge in [-0.3, -0.25) is 0 Å². The lowest BCUT2D eigenvalue weighted by atomic mass is 9.97. The minimum absolute atomic E-state index is 0.0892. The van der Waals surface area contributed by atoms with Crippen LogP contribution in [0.2, 0.25) is 6.04 Å². The Hall–Kier alpha value is -2.39. The number of aromatic nitrogens is 2. The van der Waals surface area contributed by atoms with Crippen molar-refractivity contribution in [2.45, 2.75) is 31.0 Å². The second kappa shape index (κ2) is 8.12. The molecule has 0 aliphatic rings. The number of hydrogen-bond donors (Lipinski definition) is 0. The second-order valence-corrected chi connectivity index (χ2v) is 8.96. The van der Waals surface area contributed by atoms with E-state index < -0.39 is 9.52 Å². The molecule has 0 amide bonds. The topological polar surface area (TPSA) is 17.8 Å². The van der Waals surface area contributed by atoms with Crippen LogP contribution in [0, 0.1) is 0 Å². The molecule has 1 heterocycles. The van der Waals surface area contributed by atoms with E-state index in [-0.39, 0.29) is 5.16 Å². The molecule has 2 nitrogen and oxygen atoms in total. The van der Waals surface area contributed by atoms with Gasteiger partial charge in [0.1, 0.15) is 0 Å². The van der Waals surface area contributed by atoms with Crippen molar-refractivity contribution in [3.8, 4) is 0 Å². The zero-order chi connectivity index (χ0) is 17.5. The third-order valence-electron chi connectivity index (χ3n) is 4.84. The van der Waals surface area contributed by atoms with E-state index in [1.807, 2.05) is 12.5 Å². The zero-order valence-corrected chi connectivity index (χ0v) is 16.3. The van der Waals surface area contributed by atoms with Gasteiger partial charge in [0.15, 0.2) is 0 Å². The number of rotatable bonds is 8. The van der Waals surface area contributed by atoms with Crippen molar-refractivity contribution < 1.29 is 0 Å². The van der Waals surface area contributed by atoms with Crippen molar-refractivity contribution in [3.63, 3.8) is 0 Å². The van der Waals surface area contributed by atoms with E-state index in [1.54, 1.807) is 0 Å². The summed E-state index contributed by atoms with van der Waals surface area (Å²) in [5.41, 5.74) is 4.00. The number of benzene rings is 2. The van der Waals surface area contributed by atoms with E-state index in [0.29, 0.717) is 0 Å². The average Bonchev–Trinajstić information content (AvgIpc) is 3.18. The molecular formula is C22H26N2Si. The first-order chi connectivity index (χ1) is 12.2. The highest BCUT2D eigenvalue weighted by Crippen LogP contribution is 2.34. The molecule has 25 heavy (non-hydrogen) atoms. The first-order valence-corrected chi connectivity index (χ1v) is 10.7. The van der Waals surface area contributed by atoms with Gasteiger partial charge in [-0.05, 0) is 24.5 Å². The van der Waals surface area contributed by atoms with Crippen LogP contribution in [0.3, 0.4) is 0 Å². The van der Waals surface area contributed by atoms with Crippen LogP contribution in [0.5, 0.6) is 0 Å². The lowest BCUT2D eigenvalue weighted by molar-refractivity contribution is 0.588. The predicted molar refractivity (Wildman–Crippen MR) is 109 cm³/mol. The van der Waals surface area contributed by atoms with Gasteiger partial charge in [-0.25, -0.2) is 4.98 Å². The van der Waals surface area contributed by atoms with Crippen molar-refractivity contribution >= 4 is 9.52 Å². The molecule has 0 fully saturated rings. The number of nitrogens with zero attached hydrogens (tertiary/aromatic N) is 2. The fourth-order valence-corrected chi connectivity index (χ4v) is 6.11. The zero-order valence-electron chi connectivity index (χ0n) is 14.9. The summed E-state index contributed by atoms with van der Waals surface area (Å²) in [5, 5.41) is -0.0892. The quantitative estimate of drug-likeness (QED) is 0.332. The van der Waals surface area contributed by atoms with Gasteiger partial charge < -0.3 is 4.57 Å². The maximum atomic E-state index is 4.37. The molecule has 0 atom stereocenters. The minimum Gasteiger partial charge on any atom is -0.327 e. The first-order valence-electron chi connectivity index (χ1n) is 8.97. The highest BCUT2D eigenvalue weighted by molar-refractivity contribution is 6.41. The van der Waals surface area contributed by atoms with Crippen LogP contribution in [0.15, 0.2) is 91.5 Å². The lowest BCUT2D eigenvalue weighted by Gasteiger charge is -2.37. The Morgan fingerprint density at radius 3 is 2.12 bits per heavy atom. The molecule has 0 spiro atoms. The van der Waals surface area contributed by atoms with Gasteiger partial charge in [0.05, 0.1) is 21.0 Å². The van der Waals surface area contributed by atoms with Gasteiger partial charge >= 0.3 is 0 Å². The molecule has 1 aromatic heterocycles. The van der Waals surface area contributed by atoms with Gasteiger partial charge in [0.2, 0.25) is 0 Å². The molecule has 0 N–H and O–H groups in total. The van der Waals surface area contributed by atoms with Crippen LogP contribution < -0.4 is 0 Å². The van der Waals surface area contributed by atoms with Crippen LogP contribution in [0.4, 0.5) is 0 Å². The molecule has 0 bridgehead atoms.